The van der Waals surface area contributed by atoms with Crippen molar-refractivity contribution in [3.63, 3.8) is 0 Å². The summed E-state index contributed by atoms with van der Waals surface area (Å²) in [6.45, 7) is 2.78. The van der Waals surface area contributed by atoms with Crippen molar-refractivity contribution in [2.24, 2.45) is 0 Å². The van der Waals surface area contributed by atoms with Crippen LogP contribution >= 0.6 is 11.8 Å². The molecule has 1 heterocycles. The third-order valence-electron chi connectivity index (χ3n) is 5.08. The summed E-state index contributed by atoms with van der Waals surface area (Å²) < 4.78 is 16.5. The van der Waals surface area contributed by atoms with Crippen LogP contribution in [-0.2, 0) is 4.79 Å². The highest BCUT2D eigenvalue weighted by Crippen LogP contribution is 2.47. The van der Waals surface area contributed by atoms with Crippen LogP contribution in [0.1, 0.15) is 35.8 Å². The Morgan fingerprint density at radius 2 is 1.71 bits per heavy atom. The lowest BCUT2D eigenvalue weighted by Gasteiger charge is -2.29. The summed E-state index contributed by atoms with van der Waals surface area (Å²) in [6, 6.07) is 13.7. The fourth-order valence-electron chi connectivity index (χ4n) is 3.64. The fourth-order valence-corrected chi connectivity index (χ4v) is 4.92. The molecule has 1 amide bonds. The first-order valence-corrected chi connectivity index (χ1v) is 10.5. The molecule has 0 saturated carbocycles. The van der Waals surface area contributed by atoms with Gasteiger partial charge in [-0.25, -0.2) is 0 Å². The maximum absolute atomic E-state index is 13.5. The number of benzene rings is 2. The molecule has 2 unspecified atom stereocenters. The van der Waals surface area contributed by atoms with Gasteiger partial charge in [-0.05, 0) is 18.1 Å². The molecule has 5 nitrogen and oxygen atoms in total. The molecule has 0 N–H and O–H groups in total. The smallest absolute Gasteiger partial charge is 0.231 e. The Bertz CT molecular complexity index is 812. The van der Waals surface area contributed by atoms with Crippen molar-refractivity contribution < 1.29 is 19.0 Å². The monoisotopic (exact) mass is 401 g/mol. The van der Waals surface area contributed by atoms with Gasteiger partial charge in [0.05, 0.1) is 27.2 Å². The molecular formula is C22H27NO4S. The molecular weight excluding hydrogens is 374 g/mol. The van der Waals surface area contributed by atoms with Crippen LogP contribution in [0.5, 0.6) is 17.2 Å². The number of amides is 1. The molecule has 0 aromatic heterocycles. The Morgan fingerprint density at radius 1 is 1.07 bits per heavy atom. The van der Waals surface area contributed by atoms with Crippen LogP contribution in [-0.4, -0.2) is 44.4 Å². The number of methoxy groups -OCH3 is 3. The highest BCUT2D eigenvalue weighted by atomic mass is 32.2. The van der Waals surface area contributed by atoms with E-state index in [0.29, 0.717) is 17.2 Å². The van der Waals surface area contributed by atoms with Gasteiger partial charge in [0.25, 0.3) is 0 Å². The number of carbonyl (C=O) groups excluding carboxylic acids is 1. The maximum atomic E-state index is 13.5. The number of rotatable bonds is 7. The van der Waals surface area contributed by atoms with Crippen LogP contribution < -0.4 is 14.2 Å². The SMILES string of the molecule is CCC(C(=O)N1CCSC1c1cc(OC)c(OC)cc1OC)c1ccccc1. The molecule has 2 atom stereocenters. The van der Waals surface area contributed by atoms with Crippen LogP contribution in [0.2, 0.25) is 0 Å². The van der Waals surface area contributed by atoms with Gasteiger partial charge in [0.15, 0.2) is 11.5 Å². The quantitative estimate of drug-likeness (QED) is 0.685. The van der Waals surface area contributed by atoms with E-state index in [1.54, 1.807) is 33.1 Å². The van der Waals surface area contributed by atoms with Crippen LogP contribution in [0.15, 0.2) is 42.5 Å². The molecule has 2 aromatic rings. The second-order valence-corrected chi connectivity index (χ2v) is 7.76. The normalized spacial score (nSPS) is 17.3. The standard InChI is InChI=1S/C22H27NO4S/c1-5-16(15-9-7-6-8-10-15)21(24)23-11-12-28-22(23)17-13-19(26-3)20(27-4)14-18(17)25-2/h6-10,13-14,16,22H,5,11-12H2,1-4H3. The molecule has 28 heavy (non-hydrogen) atoms. The fraction of sp³-hybridized carbons (Fsp3) is 0.409. The summed E-state index contributed by atoms with van der Waals surface area (Å²) in [6.07, 6.45) is 0.764. The van der Waals surface area contributed by atoms with Crippen LogP contribution in [0.4, 0.5) is 0 Å². The average Bonchev–Trinajstić information content (AvgIpc) is 3.23. The van der Waals surface area contributed by atoms with Crippen molar-refractivity contribution in [2.45, 2.75) is 24.6 Å². The van der Waals surface area contributed by atoms with Gasteiger partial charge in [0, 0.05) is 23.9 Å². The van der Waals surface area contributed by atoms with Crippen LogP contribution in [0.25, 0.3) is 0 Å². The number of ether oxygens (including phenoxy) is 3. The summed E-state index contributed by atoms with van der Waals surface area (Å²) in [7, 11) is 4.85. The van der Waals surface area contributed by atoms with Crippen molar-refractivity contribution in [3.8, 4) is 17.2 Å². The van der Waals surface area contributed by atoms with E-state index in [0.717, 1.165) is 29.8 Å². The van der Waals surface area contributed by atoms with E-state index in [1.165, 1.54) is 0 Å². The zero-order valence-corrected chi connectivity index (χ0v) is 17.6. The molecule has 6 heteroatoms. The Morgan fingerprint density at radius 3 is 2.32 bits per heavy atom. The predicted octanol–water partition coefficient (Wildman–Crippen LogP) is 4.48. The van der Waals surface area contributed by atoms with Crippen molar-refractivity contribution in [1.82, 2.24) is 4.90 Å². The molecule has 1 fully saturated rings. The number of hydrogen-bond acceptors (Lipinski definition) is 5. The topological polar surface area (TPSA) is 48.0 Å². The lowest BCUT2D eigenvalue weighted by molar-refractivity contribution is -0.133. The largest absolute Gasteiger partial charge is 0.496 e. The Hall–Kier alpha value is -2.34. The van der Waals surface area contributed by atoms with E-state index in [-0.39, 0.29) is 17.2 Å². The van der Waals surface area contributed by atoms with Gasteiger partial charge in [-0.3, -0.25) is 4.79 Å². The Labute approximate surface area is 171 Å². The van der Waals surface area contributed by atoms with E-state index in [9.17, 15) is 4.79 Å². The average molecular weight is 402 g/mol. The first kappa shape index (κ1) is 20.4. The first-order chi connectivity index (χ1) is 13.6. The maximum Gasteiger partial charge on any atom is 0.231 e. The molecule has 1 aliphatic heterocycles. The summed E-state index contributed by atoms with van der Waals surface area (Å²) in [5.41, 5.74) is 1.99. The minimum Gasteiger partial charge on any atom is -0.496 e. The number of carbonyl (C=O) groups is 1. The van der Waals surface area contributed by atoms with Crippen molar-refractivity contribution in [3.05, 3.63) is 53.6 Å². The van der Waals surface area contributed by atoms with E-state index < -0.39 is 0 Å². The zero-order chi connectivity index (χ0) is 20.1. The molecule has 1 aliphatic rings. The summed E-state index contributed by atoms with van der Waals surface area (Å²) in [4.78, 5) is 15.4. The molecule has 0 aliphatic carbocycles. The van der Waals surface area contributed by atoms with Gasteiger partial charge in [0.1, 0.15) is 11.1 Å². The first-order valence-electron chi connectivity index (χ1n) is 9.41. The van der Waals surface area contributed by atoms with E-state index in [1.807, 2.05) is 47.4 Å². The van der Waals surface area contributed by atoms with Gasteiger partial charge in [-0.1, -0.05) is 37.3 Å². The molecule has 3 rings (SSSR count). The minimum atomic E-state index is -0.145. The number of thioether (sulfide) groups is 1. The molecule has 1 saturated heterocycles. The third kappa shape index (κ3) is 3.92. The number of nitrogens with zero attached hydrogens (tertiary/aromatic N) is 1. The molecule has 0 bridgehead atoms. The van der Waals surface area contributed by atoms with Crippen LogP contribution in [0.3, 0.4) is 0 Å². The summed E-state index contributed by atoms with van der Waals surface area (Å²) in [5.74, 6) is 2.84. The molecule has 0 radical (unpaired) electrons. The van der Waals surface area contributed by atoms with Crippen LogP contribution in [0, 0.1) is 0 Å². The highest BCUT2D eigenvalue weighted by molar-refractivity contribution is 7.99. The highest BCUT2D eigenvalue weighted by Gasteiger charge is 2.36. The summed E-state index contributed by atoms with van der Waals surface area (Å²) >= 11 is 1.75. The zero-order valence-electron chi connectivity index (χ0n) is 16.8. The van der Waals surface area contributed by atoms with E-state index in [2.05, 4.69) is 6.92 Å². The summed E-state index contributed by atoms with van der Waals surface area (Å²) in [5, 5.41) is -0.111. The molecule has 0 spiro atoms. The molecule has 150 valence electrons. The van der Waals surface area contributed by atoms with Crippen molar-refractivity contribution >= 4 is 17.7 Å². The molecule has 2 aromatic carbocycles. The van der Waals surface area contributed by atoms with Gasteiger partial charge in [0.2, 0.25) is 5.91 Å². The minimum absolute atomic E-state index is 0.111. The van der Waals surface area contributed by atoms with Gasteiger partial charge in [-0.2, -0.15) is 0 Å². The predicted molar refractivity (Wildman–Crippen MR) is 112 cm³/mol. The third-order valence-corrected chi connectivity index (χ3v) is 6.33. The van der Waals surface area contributed by atoms with E-state index in [4.69, 9.17) is 14.2 Å². The Balaban J connectivity index is 1.95. The lowest BCUT2D eigenvalue weighted by atomic mass is 9.94. The van der Waals surface area contributed by atoms with Gasteiger partial charge < -0.3 is 19.1 Å². The van der Waals surface area contributed by atoms with Crippen molar-refractivity contribution in [2.75, 3.05) is 33.6 Å². The van der Waals surface area contributed by atoms with Crippen molar-refractivity contribution in [1.29, 1.82) is 0 Å². The second-order valence-electron chi connectivity index (χ2n) is 6.58. The number of hydrogen-bond donors (Lipinski definition) is 0. The van der Waals surface area contributed by atoms with Gasteiger partial charge in [-0.15, -0.1) is 11.8 Å². The second kappa shape index (κ2) is 9.24. The van der Waals surface area contributed by atoms with E-state index >= 15 is 0 Å². The Kier molecular flexibility index (Phi) is 6.73. The van der Waals surface area contributed by atoms with Gasteiger partial charge >= 0.3 is 0 Å². The lowest BCUT2D eigenvalue weighted by Crippen LogP contribution is -2.34.